The summed E-state index contributed by atoms with van der Waals surface area (Å²) < 4.78 is 39.0. The minimum Gasteiger partial charge on any atom is -0.478 e. The first kappa shape index (κ1) is 53.1. The summed E-state index contributed by atoms with van der Waals surface area (Å²) in [7, 11) is 2.48. The van der Waals surface area contributed by atoms with Crippen LogP contribution in [-0.2, 0) is 84.2 Å². The number of ether oxygens (including phenoxy) is 6. The van der Waals surface area contributed by atoms with Crippen LogP contribution in [0.25, 0.3) is 0 Å². The molecule has 0 aromatic heterocycles. The highest BCUT2D eigenvalue weighted by Gasteiger charge is 2.74. The Morgan fingerprint density at radius 1 is 0.459 bits per heavy atom. The van der Waals surface area contributed by atoms with Crippen LogP contribution in [-0.4, -0.2) is 72.1 Å². The van der Waals surface area contributed by atoms with Crippen molar-refractivity contribution in [3.05, 3.63) is 103 Å². The predicted molar refractivity (Wildman–Crippen MR) is 279 cm³/mol. The first-order valence-corrected chi connectivity index (χ1v) is 26.1. The van der Waals surface area contributed by atoms with Crippen molar-refractivity contribution in [3.63, 3.8) is 0 Å². The zero-order chi connectivity index (χ0) is 55.0. The number of carbonyl (C=O) groups is 6. The van der Waals surface area contributed by atoms with E-state index in [4.69, 9.17) is 28.4 Å². The molecule has 3 heterocycles. The molecule has 2 aromatic carbocycles. The molecule has 396 valence electrons. The molecule has 0 saturated carbocycles. The van der Waals surface area contributed by atoms with E-state index in [1.54, 1.807) is 41.5 Å². The number of hydrogen-bond acceptors (Lipinski definition) is 12. The van der Waals surface area contributed by atoms with Gasteiger partial charge in [0.1, 0.15) is 22.7 Å². The third-order valence-corrected chi connectivity index (χ3v) is 16.3. The molecule has 0 N–H and O–H groups in total. The van der Waals surface area contributed by atoms with Crippen molar-refractivity contribution in [2.45, 2.75) is 184 Å². The number of carbonyl (C=O) groups excluding carboxylic acids is 6. The molecule has 6 atom stereocenters. The normalized spacial score (nSPS) is 28.0. The molecule has 4 unspecified atom stereocenters. The minimum absolute atomic E-state index is 0.00216. The van der Waals surface area contributed by atoms with Crippen LogP contribution in [0.1, 0.15) is 158 Å². The third kappa shape index (κ3) is 7.62. The van der Waals surface area contributed by atoms with Gasteiger partial charge in [0.05, 0.1) is 59.2 Å². The molecule has 6 aliphatic carbocycles. The van der Waals surface area contributed by atoms with Gasteiger partial charge in [0.15, 0.2) is 22.8 Å². The molecule has 0 saturated heterocycles. The van der Waals surface area contributed by atoms with Crippen molar-refractivity contribution < 1.29 is 57.2 Å². The van der Waals surface area contributed by atoms with Crippen LogP contribution in [0.5, 0.6) is 11.5 Å². The first-order valence-electron chi connectivity index (χ1n) is 26.1. The van der Waals surface area contributed by atoms with Gasteiger partial charge in [0.25, 0.3) is 0 Å². The van der Waals surface area contributed by atoms with E-state index in [9.17, 15) is 9.59 Å². The molecule has 12 heteroatoms. The highest BCUT2D eigenvalue weighted by Crippen LogP contribution is 2.68. The fourth-order valence-corrected chi connectivity index (χ4v) is 13.2. The van der Waals surface area contributed by atoms with Gasteiger partial charge in [-0.25, -0.2) is 19.2 Å². The number of methoxy groups -OCH3 is 2. The Morgan fingerprint density at radius 3 is 1.01 bits per heavy atom. The Labute approximate surface area is 437 Å². The van der Waals surface area contributed by atoms with Gasteiger partial charge in [-0.15, -0.1) is 0 Å². The zero-order valence-electron chi connectivity index (χ0n) is 47.3. The molecular weight excluding hydrogens is 937 g/mol. The fourth-order valence-electron chi connectivity index (χ4n) is 13.2. The molecule has 8 bridgehead atoms. The van der Waals surface area contributed by atoms with Crippen LogP contribution in [0, 0.1) is 33.5 Å². The van der Waals surface area contributed by atoms with Crippen LogP contribution in [0.4, 0.5) is 0 Å². The topological polar surface area (TPSA) is 158 Å². The van der Waals surface area contributed by atoms with Crippen LogP contribution < -0.4 is 9.47 Å². The van der Waals surface area contributed by atoms with Crippen molar-refractivity contribution in [2.75, 3.05) is 14.2 Å². The van der Waals surface area contributed by atoms with E-state index in [-0.39, 0.29) is 48.0 Å². The number of rotatable bonds is 4. The van der Waals surface area contributed by atoms with E-state index in [1.807, 2.05) is 78.0 Å². The predicted octanol–water partition coefficient (Wildman–Crippen LogP) is 10.4. The average Bonchev–Trinajstić information content (AvgIpc) is 3.83. The lowest BCUT2D eigenvalue weighted by Gasteiger charge is -2.56. The Bertz CT molecular complexity index is 2850. The lowest BCUT2D eigenvalue weighted by atomic mass is 9.47. The molecule has 0 amide bonds. The van der Waals surface area contributed by atoms with Crippen molar-refractivity contribution in [1.29, 1.82) is 0 Å². The highest BCUT2D eigenvalue weighted by atomic mass is 16.6. The minimum atomic E-state index is -1.92. The zero-order valence-corrected chi connectivity index (χ0v) is 47.3. The van der Waals surface area contributed by atoms with Crippen LogP contribution in [0.15, 0.2) is 69.9 Å². The molecule has 74 heavy (non-hydrogen) atoms. The van der Waals surface area contributed by atoms with Gasteiger partial charge in [-0.05, 0) is 109 Å². The van der Waals surface area contributed by atoms with Crippen molar-refractivity contribution in [2.24, 2.45) is 33.5 Å². The van der Waals surface area contributed by atoms with E-state index in [0.29, 0.717) is 44.9 Å². The maximum absolute atomic E-state index is 16.9. The monoisotopic (exact) mass is 1010 g/mol. The van der Waals surface area contributed by atoms with E-state index in [1.165, 1.54) is 14.2 Å². The van der Waals surface area contributed by atoms with Crippen molar-refractivity contribution >= 4 is 35.4 Å². The van der Waals surface area contributed by atoms with E-state index in [2.05, 4.69) is 41.5 Å². The van der Waals surface area contributed by atoms with Gasteiger partial charge in [-0.1, -0.05) is 131 Å². The molecule has 4 spiro atoms. The van der Waals surface area contributed by atoms with Crippen LogP contribution in [0.3, 0.4) is 0 Å². The van der Waals surface area contributed by atoms with Crippen molar-refractivity contribution in [1.82, 2.24) is 0 Å². The second-order valence-electron chi connectivity index (χ2n) is 28.2. The maximum atomic E-state index is 16.9. The average molecular weight is 1010 g/mol. The molecule has 11 rings (SSSR count). The first-order chi connectivity index (χ1) is 33.7. The summed E-state index contributed by atoms with van der Waals surface area (Å²) in [5.41, 5.74) is -6.89. The smallest absolute Gasteiger partial charge is 0.335 e. The van der Waals surface area contributed by atoms with Gasteiger partial charge < -0.3 is 28.4 Å². The Balaban J connectivity index is 1.50. The summed E-state index contributed by atoms with van der Waals surface area (Å²) in [4.78, 5) is 94.4. The van der Waals surface area contributed by atoms with Gasteiger partial charge in [0, 0.05) is 12.8 Å². The molecular formula is C62H76O12. The summed E-state index contributed by atoms with van der Waals surface area (Å²) >= 11 is 0. The summed E-state index contributed by atoms with van der Waals surface area (Å²) in [5.74, 6) is -5.80. The number of Topliss-reactive ketones (excluding diaryl/α,β-unsaturated/α-hetero) is 2. The molecule has 0 fully saturated rings. The summed E-state index contributed by atoms with van der Waals surface area (Å²) in [6.45, 7) is 35.1. The lowest BCUT2D eigenvalue weighted by Crippen LogP contribution is -2.67. The molecule has 12 nitrogen and oxygen atoms in total. The quantitative estimate of drug-likeness (QED) is 0.162. The SMILES string of the molecule is COC(=O)C1=C(C(=O)OC(C)(C)C)C2C(C(C)(C)C)=CC13Cc1cc(C(C)(C)C)cc4c1O[C@]1(C4)C(=O)C4(C=C(C(C)(C)C)C1C(C(=O)OC(C)(C)C)=C4C(=O)OC)Cc1cc(C(C)(C)C)cc4c1O[C@@]2(C4)C3=O. The molecule has 3 aliphatic heterocycles. The molecule has 9 aliphatic rings. The largest absolute Gasteiger partial charge is 0.478 e. The Kier molecular flexibility index (Phi) is 11.4. The second kappa shape index (κ2) is 15.9. The lowest BCUT2D eigenvalue weighted by molar-refractivity contribution is -0.159. The number of benzene rings is 2. The highest BCUT2D eigenvalue weighted by molar-refractivity contribution is 6.17. The van der Waals surface area contributed by atoms with E-state index < -0.39 is 102 Å². The van der Waals surface area contributed by atoms with Gasteiger partial charge in [0.2, 0.25) is 0 Å². The van der Waals surface area contributed by atoms with Gasteiger partial charge in [-0.2, -0.15) is 0 Å². The maximum Gasteiger partial charge on any atom is 0.335 e. The van der Waals surface area contributed by atoms with Crippen LogP contribution in [0.2, 0.25) is 0 Å². The number of esters is 4. The summed E-state index contributed by atoms with van der Waals surface area (Å²) in [5, 5.41) is 0. The number of ketones is 2. The van der Waals surface area contributed by atoms with Crippen molar-refractivity contribution in [3.8, 4) is 11.5 Å². The summed E-state index contributed by atoms with van der Waals surface area (Å²) in [6, 6.07) is 7.99. The van der Waals surface area contributed by atoms with Gasteiger partial charge in [-0.3, -0.25) is 9.59 Å². The number of allylic oxidation sites excluding steroid dienone is 2. The van der Waals surface area contributed by atoms with Crippen LogP contribution >= 0.6 is 0 Å². The third-order valence-electron chi connectivity index (χ3n) is 16.3. The Morgan fingerprint density at radius 2 is 0.757 bits per heavy atom. The summed E-state index contributed by atoms with van der Waals surface area (Å²) in [6.07, 6.45) is 3.28. The van der Waals surface area contributed by atoms with Gasteiger partial charge >= 0.3 is 23.9 Å². The van der Waals surface area contributed by atoms with E-state index in [0.717, 1.165) is 11.1 Å². The second-order valence-corrected chi connectivity index (χ2v) is 28.2. The molecule has 0 radical (unpaired) electrons. The number of hydrogen-bond donors (Lipinski definition) is 0. The standard InChI is InChI=1S/C62H76O12/c1-53(2,3)35-21-31-25-59-29-37(55(7,8)9)42(40(43(59)49(65)69-19)48(64)74-58(16,17)18)62(51(59)67)28-34-24-36(54(4,5)6)22-32(46(34)72-62)26-60-30-38(56(10,11)12)41(61(52(60)68)27-33(23-35)45(31)71-61)39(44(60)50(66)70-20)47(63)73-57(13,14)15/h21-24,29-30,41-42H,25-28H2,1-20H3/t41?,42?,59?,60?,61-,62+. The van der Waals surface area contributed by atoms with E-state index >= 15 is 19.2 Å². The Hall–Kier alpha value is -5.78. The molecule has 2 aromatic rings. The fraction of sp³-hybridized carbons (Fsp3) is 0.581.